The summed E-state index contributed by atoms with van der Waals surface area (Å²) in [6, 6.07) is 0. The van der Waals surface area contributed by atoms with E-state index >= 15 is 0 Å². The van der Waals surface area contributed by atoms with E-state index in [0.717, 1.165) is 37.8 Å². The molecule has 2 rings (SSSR count). The highest BCUT2D eigenvalue weighted by molar-refractivity contribution is 5.93. The van der Waals surface area contributed by atoms with Crippen molar-refractivity contribution >= 4 is 107 Å². The van der Waals surface area contributed by atoms with Gasteiger partial charge in [-0.1, -0.05) is 157 Å². The quantitative estimate of drug-likeness (QED) is 0.0236. The Bertz CT molecular complexity index is 3710. The molecule has 2 aliphatic carbocycles. The lowest BCUT2D eigenvalue weighted by Crippen LogP contribution is -2.23. The predicted molar refractivity (Wildman–Crippen MR) is 533 cm³/mol. The first-order valence-electron chi connectivity index (χ1n) is 44.2. The van der Waals surface area contributed by atoms with Gasteiger partial charge < -0.3 is 85.3 Å². The summed E-state index contributed by atoms with van der Waals surface area (Å²) < 4.78 is 85.9. The number of carbonyl (C=O) groups is 18. The van der Waals surface area contributed by atoms with E-state index in [2.05, 4.69) is 128 Å². The Morgan fingerprint density at radius 3 is 0.468 bits per heavy atom. The van der Waals surface area contributed by atoms with Gasteiger partial charge in [-0.2, -0.15) is 0 Å². The van der Waals surface area contributed by atoms with E-state index in [4.69, 9.17) is 75.8 Å². The summed E-state index contributed by atoms with van der Waals surface area (Å²) in [5.41, 5.74) is 4.64. The molecule has 0 aliphatic heterocycles. The second kappa shape index (κ2) is 90.9. The highest BCUT2D eigenvalue weighted by Crippen LogP contribution is 2.29. The Morgan fingerprint density at radius 1 is 0.220 bits per heavy atom. The van der Waals surface area contributed by atoms with E-state index in [0.29, 0.717) is 122 Å². The molecule has 0 amide bonds. The van der Waals surface area contributed by atoms with Crippen LogP contribution in [0.1, 0.15) is 208 Å². The van der Waals surface area contributed by atoms with Crippen LogP contribution in [0, 0.1) is 11.8 Å². The highest BCUT2D eigenvalue weighted by atomic mass is 16.6. The molecule has 36 heteroatoms. The zero-order valence-corrected chi connectivity index (χ0v) is 86.9. The van der Waals surface area contributed by atoms with E-state index in [1.54, 1.807) is 125 Å². The molecule has 4 atom stereocenters. The first kappa shape index (κ1) is 145. The Labute approximate surface area is 833 Å². The fourth-order valence-electron chi connectivity index (χ4n) is 7.75. The predicted octanol–water partition coefficient (Wildman–Crippen LogP) is 16.6. The third-order valence-corrected chi connectivity index (χ3v) is 15.6. The van der Waals surface area contributed by atoms with Crippen LogP contribution in [-0.4, -0.2) is 225 Å². The SMILES string of the molecule is C1CCCCC1.C=C(C)C(=O)OCC(C)OC(=O)C(=C)C.C=C(C)C(=O)OCC(C)OC(=O)C(=C)C.C=C(C)C(=O)OCC(C)OC(=O)C(=C)C.C=C(C)C(=O)OCC(C)OC(=O)C(=C)C.C=C(C)C(=O)OCCCOC(=O)C(=C)C.C=C(C)C(=O)OCCCOC(=O)C(=C)C.C=C(C)C(=O)OCCCOC(=O)C(=C)C.C=CC(=O)OC.C=CC(=O)OC.C=CC(=O)OCC1CCC(COC(=O)C=C)CC1. The summed E-state index contributed by atoms with van der Waals surface area (Å²) in [6.45, 7) is 91.7. The minimum atomic E-state index is -0.492. The third kappa shape index (κ3) is 98.6. The minimum Gasteiger partial charge on any atom is -0.466 e. The Balaban J connectivity index is -0.000000197. The van der Waals surface area contributed by atoms with Crippen molar-refractivity contribution in [3.05, 3.63) is 221 Å². The maximum atomic E-state index is 11.1. The van der Waals surface area contributed by atoms with Crippen molar-refractivity contribution in [2.24, 2.45) is 11.8 Å². The van der Waals surface area contributed by atoms with Crippen LogP contribution in [0.2, 0.25) is 0 Å². The topological polar surface area (TPSA) is 473 Å². The van der Waals surface area contributed by atoms with Crippen LogP contribution in [0.15, 0.2) is 221 Å². The maximum absolute atomic E-state index is 11.1. The Hall–Kier alpha value is -14.2. The molecule has 0 bridgehead atoms. The standard InChI is InChI=1S/C14H20O4.7C11H16O4.C6H12.2C4H6O2/c1-3-13(15)17-9-11-5-7-12(8-6-11)10-18-14(16)4-2;4*1-7(2)10(12)14-6-9(5)15-11(13)8(3)4;3*1-8(2)10(12)14-6-5-7-15-11(13)9(3)4;1-2-4-6-5-3-1;2*1-3-4(5)6-2/h3-4,11-12H,1-2,5-10H2;4*9H,1,3,6H2,2,4-5H3;3*1,3,5-7H2,2,4H3;1-6H2;2*3H,1H2,2H3. The molecule has 792 valence electrons. The fraction of sp³-hybridized carbons (Fsp3) is 0.486. The molecule has 2 saturated carbocycles. The van der Waals surface area contributed by atoms with Crippen molar-refractivity contribution in [2.45, 2.75) is 233 Å². The molecule has 2 fully saturated rings. The van der Waals surface area contributed by atoms with Gasteiger partial charge in [0.05, 0.1) is 67.1 Å². The minimum absolute atomic E-state index is 0.0186. The molecule has 2 aliphatic rings. The van der Waals surface area contributed by atoms with E-state index in [-0.39, 0.29) is 78.0 Å². The normalized spacial score (nSPS) is 12.3. The van der Waals surface area contributed by atoms with Crippen molar-refractivity contribution in [1.29, 1.82) is 0 Å². The number of hydrogen-bond donors (Lipinski definition) is 0. The number of rotatable bonds is 46. The van der Waals surface area contributed by atoms with E-state index in [1.807, 2.05) is 0 Å². The number of ether oxygens (including phenoxy) is 18. The van der Waals surface area contributed by atoms with E-state index < -0.39 is 120 Å². The average Bonchev–Trinajstić information content (AvgIpc) is 0.911. The zero-order valence-electron chi connectivity index (χ0n) is 86.9. The van der Waals surface area contributed by atoms with Gasteiger partial charge in [0.15, 0.2) is 0 Å². The zero-order chi connectivity index (χ0) is 111. The third-order valence-electron chi connectivity index (χ3n) is 15.6. The molecule has 0 aromatic rings. The van der Waals surface area contributed by atoms with Gasteiger partial charge in [0.25, 0.3) is 0 Å². The molecule has 0 heterocycles. The molecule has 36 nitrogen and oxygen atoms in total. The van der Waals surface area contributed by atoms with Gasteiger partial charge in [-0.15, -0.1) is 0 Å². The number of carbonyl (C=O) groups excluding carboxylic acids is 18. The van der Waals surface area contributed by atoms with Gasteiger partial charge in [0.2, 0.25) is 0 Å². The van der Waals surface area contributed by atoms with Gasteiger partial charge >= 0.3 is 107 Å². The Kier molecular flexibility index (Phi) is 93.2. The van der Waals surface area contributed by atoms with Crippen molar-refractivity contribution in [3.63, 3.8) is 0 Å². The molecule has 0 aromatic heterocycles. The van der Waals surface area contributed by atoms with Crippen LogP contribution in [-0.2, 0) is 172 Å². The molecular formula is C105H156O36. The van der Waals surface area contributed by atoms with Crippen LogP contribution >= 0.6 is 0 Å². The molecule has 0 aromatic carbocycles. The lowest BCUT2D eigenvalue weighted by molar-refractivity contribution is -0.152. The maximum Gasteiger partial charge on any atom is 0.333 e. The first-order valence-corrected chi connectivity index (χ1v) is 44.2. The molecule has 0 N–H and O–H groups in total. The summed E-state index contributed by atoms with van der Waals surface area (Å²) >= 11 is 0. The van der Waals surface area contributed by atoms with Gasteiger partial charge in [-0.25, -0.2) is 86.3 Å². The molecule has 4 unspecified atom stereocenters. The summed E-state index contributed by atoms with van der Waals surface area (Å²) in [6.07, 6.45) is 17.0. The van der Waals surface area contributed by atoms with Gasteiger partial charge in [0.1, 0.15) is 50.8 Å². The average molecular weight is 1990 g/mol. The van der Waals surface area contributed by atoms with Gasteiger partial charge in [0, 0.05) is 122 Å². The van der Waals surface area contributed by atoms with Gasteiger partial charge in [-0.05, 0) is 162 Å². The van der Waals surface area contributed by atoms with Crippen LogP contribution in [0.4, 0.5) is 0 Å². The summed E-state index contributed by atoms with van der Waals surface area (Å²) in [7, 11) is 2.62. The second-order valence-electron chi connectivity index (χ2n) is 31.2. The number of hydrogen-bond acceptors (Lipinski definition) is 36. The smallest absolute Gasteiger partial charge is 0.333 e. The molecule has 0 spiro atoms. The number of methoxy groups -OCH3 is 2. The molecule has 0 saturated heterocycles. The summed E-state index contributed by atoms with van der Waals surface area (Å²) in [5, 5.41) is 0. The second-order valence-corrected chi connectivity index (χ2v) is 31.2. The van der Waals surface area contributed by atoms with Crippen molar-refractivity contribution in [2.75, 3.05) is 93.5 Å². The summed E-state index contributed by atoms with van der Waals surface area (Å²) in [4.78, 5) is 195. The lowest BCUT2D eigenvalue weighted by atomic mass is 9.83. The highest BCUT2D eigenvalue weighted by Gasteiger charge is 2.24. The van der Waals surface area contributed by atoms with Crippen molar-refractivity contribution in [3.8, 4) is 0 Å². The molecular weight excluding hydrogens is 1840 g/mol. The van der Waals surface area contributed by atoms with Gasteiger partial charge in [-0.3, -0.25) is 0 Å². The van der Waals surface area contributed by atoms with E-state index in [9.17, 15) is 86.3 Å². The fourth-order valence-corrected chi connectivity index (χ4v) is 7.75. The lowest BCUT2D eigenvalue weighted by Gasteiger charge is -2.27. The van der Waals surface area contributed by atoms with Crippen molar-refractivity contribution in [1.82, 2.24) is 0 Å². The van der Waals surface area contributed by atoms with Crippen LogP contribution in [0.5, 0.6) is 0 Å². The van der Waals surface area contributed by atoms with Crippen LogP contribution in [0.3, 0.4) is 0 Å². The molecule has 141 heavy (non-hydrogen) atoms. The largest absolute Gasteiger partial charge is 0.466 e. The summed E-state index contributed by atoms with van der Waals surface area (Å²) in [5.74, 6) is -7.19. The van der Waals surface area contributed by atoms with Crippen LogP contribution < -0.4 is 0 Å². The van der Waals surface area contributed by atoms with Crippen LogP contribution in [0.25, 0.3) is 0 Å². The number of esters is 18. The monoisotopic (exact) mass is 1990 g/mol. The Morgan fingerprint density at radius 2 is 0.355 bits per heavy atom. The van der Waals surface area contributed by atoms with Crippen molar-refractivity contribution < 1.29 is 172 Å². The van der Waals surface area contributed by atoms with E-state index in [1.165, 1.54) is 64.9 Å². The first-order chi connectivity index (χ1) is 65.5. The molecule has 0 radical (unpaired) electrons.